The Kier molecular flexibility index (Phi) is 4.03. The zero-order valence-electron chi connectivity index (χ0n) is 9.49. The lowest BCUT2D eigenvalue weighted by atomic mass is 10.0. The molecule has 1 aromatic rings. The minimum Gasteiger partial charge on any atom is -0.381 e. The van der Waals surface area contributed by atoms with Gasteiger partial charge >= 0.3 is 0 Å². The highest BCUT2D eigenvalue weighted by atomic mass is 19.1. The molecule has 17 heavy (non-hydrogen) atoms. The van der Waals surface area contributed by atoms with Crippen molar-refractivity contribution in [3.8, 4) is 0 Å². The minimum absolute atomic E-state index is 0.252. The number of rotatable bonds is 3. The summed E-state index contributed by atoms with van der Waals surface area (Å²) in [6.07, 6.45) is 3.22. The molecule has 1 fully saturated rings. The number of nitrogens with zero attached hydrogens (tertiary/aromatic N) is 1. The van der Waals surface area contributed by atoms with Gasteiger partial charge in [0.25, 0.3) is 5.91 Å². The number of ether oxygens (including phenoxy) is 1. The second kappa shape index (κ2) is 5.72. The lowest BCUT2D eigenvalue weighted by Gasteiger charge is -2.22. The second-order valence-corrected chi connectivity index (χ2v) is 4.13. The van der Waals surface area contributed by atoms with Crippen molar-refractivity contribution >= 4 is 5.91 Å². The highest BCUT2D eigenvalue weighted by Gasteiger charge is 2.15. The summed E-state index contributed by atoms with van der Waals surface area (Å²) >= 11 is 0. The van der Waals surface area contributed by atoms with E-state index in [-0.39, 0.29) is 5.91 Å². The van der Waals surface area contributed by atoms with Gasteiger partial charge in [-0.15, -0.1) is 0 Å². The number of pyridine rings is 1. The first-order valence-corrected chi connectivity index (χ1v) is 5.73. The Bertz CT molecular complexity index is 392. The molecule has 0 radical (unpaired) electrons. The number of nitrogens with one attached hydrogen (secondary N) is 1. The van der Waals surface area contributed by atoms with Gasteiger partial charge in [-0.2, -0.15) is 4.39 Å². The number of aromatic nitrogens is 1. The molecule has 1 saturated heterocycles. The van der Waals surface area contributed by atoms with E-state index in [1.807, 2.05) is 0 Å². The summed E-state index contributed by atoms with van der Waals surface area (Å²) in [6, 6.07) is 2.64. The molecular weight excluding hydrogens is 223 g/mol. The molecule has 1 aromatic heterocycles. The van der Waals surface area contributed by atoms with Crippen LogP contribution in [0, 0.1) is 11.9 Å². The average Bonchev–Trinajstić information content (AvgIpc) is 2.37. The maximum atomic E-state index is 12.8. The Balaban J connectivity index is 1.84. The lowest BCUT2D eigenvalue weighted by molar-refractivity contribution is 0.0642. The van der Waals surface area contributed by atoms with Crippen molar-refractivity contribution in [1.29, 1.82) is 0 Å². The van der Waals surface area contributed by atoms with Crippen LogP contribution in [-0.2, 0) is 4.74 Å². The van der Waals surface area contributed by atoms with Crippen LogP contribution in [-0.4, -0.2) is 30.6 Å². The van der Waals surface area contributed by atoms with Gasteiger partial charge in [0.05, 0.1) is 0 Å². The molecule has 0 unspecified atom stereocenters. The van der Waals surface area contributed by atoms with Crippen molar-refractivity contribution in [2.75, 3.05) is 19.8 Å². The van der Waals surface area contributed by atoms with Crippen molar-refractivity contribution in [1.82, 2.24) is 10.3 Å². The topological polar surface area (TPSA) is 51.2 Å². The van der Waals surface area contributed by atoms with Crippen molar-refractivity contribution in [3.63, 3.8) is 0 Å². The van der Waals surface area contributed by atoms with Gasteiger partial charge in [0, 0.05) is 37.6 Å². The van der Waals surface area contributed by atoms with Crippen LogP contribution < -0.4 is 5.32 Å². The summed E-state index contributed by atoms with van der Waals surface area (Å²) in [5.74, 6) is -0.430. The SMILES string of the molecule is O=C(NCC1CCOCC1)c1ccnc(F)c1. The average molecular weight is 238 g/mol. The minimum atomic E-state index is -0.635. The molecule has 2 rings (SSSR count). The molecule has 92 valence electrons. The zero-order valence-corrected chi connectivity index (χ0v) is 9.49. The van der Waals surface area contributed by atoms with Gasteiger partial charge in [0.15, 0.2) is 0 Å². The van der Waals surface area contributed by atoms with Gasteiger partial charge in [0.2, 0.25) is 5.95 Å². The van der Waals surface area contributed by atoms with Gasteiger partial charge in [-0.05, 0) is 24.8 Å². The first-order chi connectivity index (χ1) is 8.25. The third-order valence-electron chi connectivity index (χ3n) is 2.88. The summed E-state index contributed by atoms with van der Waals surface area (Å²) < 4.78 is 18.1. The van der Waals surface area contributed by atoms with Gasteiger partial charge in [-0.3, -0.25) is 4.79 Å². The maximum Gasteiger partial charge on any atom is 0.251 e. The summed E-state index contributed by atoms with van der Waals surface area (Å²) in [7, 11) is 0. The molecule has 1 aliphatic rings. The molecule has 0 bridgehead atoms. The highest BCUT2D eigenvalue weighted by Crippen LogP contribution is 2.13. The van der Waals surface area contributed by atoms with Crippen LogP contribution in [0.4, 0.5) is 4.39 Å². The van der Waals surface area contributed by atoms with Gasteiger partial charge in [-0.1, -0.05) is 0 Å². The van der Waals surface area contributed by atoms with Crippen molar-refractivity contribution < 1.29 is 13.9 Å². The van der Waals surface area contributed by atoms with E-state index < -0.39 is 5.95 Å². The molecule has 1 N–H and O–H groups in total. The number of hydrogen-bond acceptors (Lipinski definition) is 3. The summed E-state index contributed by atoms with van der Waals surface area (Å²) in [4.78, 5) is 15.1. The Morgan fingerprint density at radius 2 is 2.29 bits per heavy atom. The fourth-order valence-corrected chi connectivity index (χ4v) is 1.83. The first kappa shape index (κ1) is 12.0. The smallest absolute Gasteiger partial charge is 0.251 e. The molecule has 0 saturated carbocycles. The maximum absolute atomic E-state index is 12.8. The Hall–Kier alpha value is -1.49. The van der Waals surface area contributed by atoms with Crippen LogP contribution >= 0.6 is 0 Å². The van der Waals surface area contributed by atoms with E-state index in [4.69, 9.17) is 4.74 Å². The number of amides is 1. The summed E-state index contributed by atoms with van der Waals surface area (Å²) in [6.45, 7) is 2.13. The van der Waals surface area contributed by atoms with Crippen LogP contribution in [0.2, 0.25) is 0 Å². The number of hydrogen-bond donors (Lipinski definition) is 1. The summed E-state index contributed by atoms with van der Waals surface area (Å²) in [5, 5.41) is 2.81. The monoisotopic (exact) mass is 238 g/mol. The standard InChI is InChI=1S/C12H15FN2O2/c13-11-7-10(1-4-14-11)12(16)15-8-9-2-5-17-6-3-9/h1,4,7,9H,2-3,5-6,8H2,(H,15,16). The molecular formula is C12H15FN2O2. The lowest BCUT2D eigenvalue weighted by Crippen LogP contribution is -2.32. The molecule has 0 atom stereocenters. The van der Waals surface area contributed by atoms with E-state index in [2.05, 4.69) is 10.3 Å². The molecule has 5 heteroatoms. The van der Waals surface area contributed by atoms with Crippen molar-refractivity contribution in [2.45, 2.75) is 12.8 Å². The van der Waals surface area contributed by atoms with E-state index in [0.717, 1.165) is 32.1 Å². The Morgan fingerprint density at radius 1 is 1.53 bits per heavy atom. The van der Waals surface area contributed by atoms with Gasteiger partial charge in [0.1, 0.15) is 0 Å². The largest absolute Gasteiger partial charge is 0.381 e. The van der Waals surface area contributed by atoms with Crippen LogP contribution in [0.5, 0.6) is 0 Å². The van der Waals surface area contributed by atoms with Crippen molar-refractivity contribution in [2.24, 2.45) is 5.92 Å². The highest BCUT2D eigenvalue weighted by molar-refractivity contribution is 5.93. The molecule has 0 spiro atoms. The fraction of sp³-hybridized carbons (Fsp3) is 0.500. The second-order valence-electron chi connectivity index (χ2n) is 4.13. The molecule has 4 nitrogen and oxygen atoms in total. The van der Waals surface area contributed by atoms with Crippen molar-refractivity contribution in [3.05, 3.63) is 29.8 Å². The van der Waals surface area contributed by atoms with E-state index in [1.165, 1.54) is 12.3 Å². The fourth-order valence-electron chi connectivity index (χ4n) is 1.83. The quantitative estimate of drug-likeness (QED) is 0.809. The molecule has 1 aliphatic heterocycles. The number of carbonyl (C=O) groups is 1. The molecule has 0 aromatic carbocycles. The van der Waals surface area contributed by atoms with Gasteiger partial charge in [-0.25, -0.2) is 4.98 Å². The van der Waals surface area contributed by atoms with Gasteiger partial charge < -0.3 is 10.1 Å². The molecule has 1 amide bonds. The number of carbonyl (C=O) groups excluding carboxylic acids is 1. The van der Waals surface area contributed by atoms with Crippen LogP contribution in [0.1, 0.15) is 23.2 Å². The Labute approximate surface area is 99.2 Å². The molecule has 2 heterocycles. The van der Waals surface area contributed by atoms with E-state index in [0.29, 0.717) is 18.0 Å². The van der Waals surface area contributed by atoms with Crippen LogP contribution in [0.25, 0.3) is 0 Å². The first-order valence-electron chi connectivity index (χ1n) is 5.73. The van der Waals surface area contributed by atoms with Crippen LogP contribution in [0.15, 0.2) is 18.3 Å². The predicted octanol–water partition coefficient (Wildman–Crippen LogP) is 1.38. The molecule has 0 aliphatic carbocycles. The third-order valence-corrected chi connectivity index (χ3v) is 2.88. The third kappa shape index (κ3) is 3.49. The number of halogens is 1. The van der Waals surface area contributed by atoms with E-state index in [9.17, 15) is 9.18 Å². The predicted molar refractivity (Wildman–Crippen MR) is 60.1 cm³/mol. The Morgan fingerprint density at radius 3 is 3.00 bits per heavy atom. The zero-order chi connectivity index (χ0) is 12.1. The van der Waals surface area contributed by atoms with E-state index >= 15 is 0 Å². The summed E-state index contributed by atoms with van der Waals surface area (Å²) in [5.41, 5.74) is 0.310. The van der Waals surface area contributed by atoms with E-state index in [1.54, 1.807) is 0 Å². The normalized spacial score (nSPS) is 16.8. The van der Waals surface area contributed by atoms with Crippen LogP contribution in [0.3, 0.4) is 0 Å².